The fourth-order valence-electron chi connectivity index (χ4n) is 8.06. The highest BCUT2D eigenvalue weighted by atomic mass is 16.5. The van der Waals surface area contributed by atoms with Gasteiger partial charge in [0.2, 0.25) is 0 Å². The second-order valence-electron chi connectivity index (χ2n) is 15.7. The van der Waals surface area contributed by atoms with Gasteiger partial charge in [0.1, 0.15) is 5.75 Å². The van der Waals surface area contributed by atoms with Gasteiger partial charge in [-0.15, -0.1) is 0 Å². The molecule has 0 radical (unpaired) electrons. The summed E-state index contributed by atoms with van der Waals surface area (Å²) >= 11 is 0. The molecule has 2 heteroatoms. The third-order valence-corrected chi connectivity index (χ3v) is 11.5. The Balaban J connectivity index is 0.914. The number of hydrogen-bond donors (Lipinski definition) is 0. The van der Waals surface area contributed by atoms with E-state index in [1.165, 1.54) is 44.5 Å². The first kappa shape index (κ1) is 41.9. The lowest BCUT2D eigenvalue weighted by Crippen LogP contribution is -2.09. The number of allylic oxidation sites excluding steroid dienone is 4. The average Bonchev–Trinajstić information content (AvgIpc) is 3.39. The highest BCUT2D eigenvalue weighted by Crippen LogP contribution is 2.38. The first-order chi connectivity index (χ1) is 32.2. The van der Waals surface area contributed by atoms with E-state index < -0.39 is 0 Å². The maximum Gasteiger partial charge on any atom is 0.119 e. The van der Waals surface area contributed by atoms with Gasteiger partial charge in [0, 0.05) is 17.1 Å². The second kappa shape index (κ2) is 20.6. The van der Waals surface area contributed by atoms with E-state index in [0.717, 1.165) is 45.1 Å². The molecule has 2 nitrogen and oxygen atoms in total. The van der Waals surface area contributed by atoms with Crippen molar-refractivity contribution in [3.8, 4) is 28.0 Å². The number of benzene rings is 9. The molecule has 9 aromatic rings. The Morgan fingerprint density at radius 2 is 0.600 bits per heavy atom. The second-order valence-corrected chi connectivity index (χ2v) is 15.7. The largest absolute Gasteiger partial charge is 0.497 e. The van der Waals surface area contributed by atoms with Crippen molar-refractivity contribution in [2.45, 2.75) is 0 Å². The van der Waals surface area contributed by atoms with E-state index in [9.17, 15) is 0 Å². The monoisotopic (exact) mass is 835 g/mol. The molecule has 0 aliphatic carbocycles. The number of methoxy groups -OCH3 is 1. The van der Waals surface area contributed by atoms with Crippen LogP contribution in [-0.4, -0.2) is 7.11 Å². The van der Waals surface area contributed by atoms with Gasteiger partial charge in [-0.05, 0) is 115 Å². The number of nitrogens with zero attached hydrogens (tertiary/aromatic N) is 1. The van der Waals surface area contributed by atoms with E-state index in [1.54, 1.807) is 7.11 Å². The lowest BCUT2D eigenvalue weighted by molar-refractivity contribution is 0.415. The van der Waals surface area contributed by atoms with Crippen LogP contribution in [0.4, 0.5) is 17.1 Å². The van der Waals surface area contributed by atoms with Crippen molar-refractivity contribution >= 4 is 40.4 Å². The molecule has 0 bridgehead atoms. The molecule has 0 unspecified atom stereocenters. The van der Waals surface area contributed by atoms with Crippen LogP contribution < -0.4 is 9.64 Å². The molecule has 312 valence electrons. The zero-order valence-electron chi connectivity index (χ0n) is 36.4. The number of rotatable bonds is 14. The summed E-state index contributed by atoms with van der Waals surface area (Å²) in [6.45, 7) is 0. The van der Waals surface area contributed by atoms with Gasteiger partial charge in [0.15, 0.2) is 0 Å². The van der Waals surface area contributed by atoms with Gasteiger partial charge in [0.25, 0.3) is 0 Å². The fraction of sp³-hybridized carbons (Fsp3) is 0.0159. The summed E-state index contributed by atoms with van der Waals surface area (Å²) in [6, 6.07) is 85.5. The molecule has 0 heterocycles. The SMILES string of the molecule is COc1ccc(N(c2ccc(-c3ccc(/C=C/C=C(c4ccccc4)c4ccccc4)cc3)cc2)c2ccc(-c3ccc(/C=C/C=C(c4ccccc4)c4ccccc4)cc3)cc2)cc1. The average molecular weight is 836 g/mol. The van der Waals surface area contributed by atoms with Crippen LogP contribution in [0.2, 0.25) is 0 Å². The summed E-state index contributed by atoms with van der Waals surface area (Å²) in [5, 5.41) is 0. The zero-order valence-corrected chi connectivity index (χ0v) is 36.4. The van der Waals surface area contributed by atoms with E-state index in [1.807, 2.05) is 12.1 Å². The molecule has 0 N–H and O–H groups in total. The smallest absolute Gasteiger partial charge is 0.119 e. The first-order valence-corrected chi connectivity index (χ1v) is 22.0. The number of hydrogen-bond acceptors (Lipinski definition) is 2. The molecule has 0 aliphatic rings. The Hall–Kier alpha value is -8.46. The molecule has 0 spiro atoms. The van der Waals surface area contributed by atoms with E-state index >= 15 is 0 Å². The zero-order chi connectivity index (χ0) is 44.0. The summed E-state index contributed by atoms with van der Waals surface area (Å²) in [4.78, 5) is 2.29. The summed E-state index contributed by atoms with van der Waals surface area (Å²) in [7, 11) is 1.70. The van der Waals surface area contributed by atoms with Gasteiger partial charge in [-0.2, -0.15) is 0 Å². The summed E-state index contributed by atoms with van der Waals surface area (Å²) in [5.41, 5.74) is 17.3. The molecule has 0 atom stereocenters. The van der Waals surface area contributed by atoms with Crippen LogP contribution in [0.25, 0.3) is 45.6 Å². The Morgan fingerprint density at radius 3 is 0.892 bits per heavy atom. The Labute approximate surface area is 383 Å². The Morgan fingerprint density at radius 1 is 0.323 bits per heavy atom. The van der Waals surface area contributed by atoms with Gasteiger partial charge in [-0.25, -0.2) is 0 Å². The Bertz CT molecular complexity index is 2750. The van der Waals surface area contributed by atoms with Gasteiger partial charge in [-0.1, -0.05) is 231 Å². The van der Waals surface area contributed by atoms with Crippen molar-refractivity contribution in [1.82, 2.24) is 0 Å². The van der Waals surface area contributed by atoms with Crippen molar-refractivity contribution in [1.29, 1.82) is 0 Å². The maximum absolute atomic E-state index is 5.51. The third kappa shape index (κ3) is 10.4. The molecule has 0 fully saturated rings. The van der Waals surface area contributed by atoms with Gasteiger partial charge < -0.3 is 9.64 Å². The van der Waals surface area contributed by atoms with Crippen molar-refractivity contribution in [3.05, 3.63) is 300 Å². The Kier molecular flexibility index (Phi) is 13.3. The molecule has 0 saturated heterocycles. The molecule has 0 saturated carbocycles. The quantitative estimate of drug-likeness (QED) is 0.101. The molecule has 65 heavy (non-hydrogen) atoms. The van der Waals surface area contributed by atoms with E-state index in [-0.39, 0.29) is 0 Å². The van der Waals surface area contributed by atoms with Crippen LogP contribution in [0.5, 0.6) is 5.75 Å². The van der Waals surface area contributed by atoms with Crippen LogP contribution in [-0.2, 0) is 0 Å². The van der Waals surface area contributed by atoms with Crippen LogP contribution in [0.1, 0.15) is 33.4 Å². The minimum Gasteiger partial charge on any atom is -0.497 e. The van der Waals surface area contributed by atoms with Gasteiger partial charge >= 0.3 is 0 Å². The third-order valence-electron chi connectivity index (χ3n) is 11.5. The summed E-state index contributed by atoms with van der Waals surface area (Å²) in [6.07, 6.45) is 13.0. The molecule has 0 aromatic heterocycles. The number of ether oxygens (including phenoxy) is 1. The normalized spacial score (nSPS) is 11.0. The van der Waals surface area contributed by atoms with Crippen LogP contribution >= 0.6 is 0 Å². The van der Waals surface area contributed by atoms with E-state index in [0.29, 0.717) is 0 Å². The standard InChI is InChI=1S/C63H49NO/c1-65-61-46-44-60(45-47-61)64(58-40-36-52(37-41-58)50-32-28-48(29-33-50)16-14-26-62(54-18-6-2-7-19-54)55-20-8-3-9-21-55)59-42-38-53(39-43-59)51-34-30-49(31-35-51)17-15-27-63(56-22-10-4-11-23-56)57-24-12-5-13-25-57/h2-47H,1H3/b16-14+,17-15+. The maximum atomic E-state index is 5.51. The lowest BCUT2D eigenvalue weighted by atomic mass is 9.97. The molecular weight excluding hydrogens is 787 g/mol. The summed E-state index contributed by atoms with van der Waals surface area (Å²) in [5.74, 6) is 0.823. The van der Waals surface area contributed by atoms with Gasteiger partial charge in [0.05, 0.1) is 7.11 Å². The minimum atomic E-state index is 0.823. The highest BCUT2D eigenvalue weighted by molar-refractivity contribution is 5.84. The lowest BCUT2D eigenvalue weighted by Gasteiger charge is -2.26. The predicted molar refractivity (Wildman–Crippen MR) is 277 cm³/mol. The fourth-order valence-corrected chi connectivity index (χ4v) is 8.06. The predicted octanol–water partition coefficient (Wildman–Crippen LogP) is 16.8. The summed E-state index contributed by atoms with van der Waals surface area (Å²) < 4.78 is 5.51. The van der Waals surface area contributed by atoms with E-state index in [2.05, 4.69) is 272 Å². The van der Waals surface area contributed by atoms with Crippen LogP contribution in [0.15, 0.2) is 267 Å². The van der Waals surface area contributed by atoms with Crippen molar-refractivity contribution in [3.63, 3.8) is 0 Å². The molecular formula is C63H49NO. The molecule has 9 aromatic carbocycles. The minimum absolute atomic E-state index is 0.823. The van der Waals surface area contributed by atoms with Crippen molar-refractivity contribution < 1.29 is 4.74 Å². The van der Waals surface area contributed by atoms with Crippen LogP contribution in [0.3, 0.4) is 0 Å². The first-order valence-electron chi connectivity index (χ1n) is 22.0. The highest BCUT2D eigenvalue weighted by Gasteiger charge is 2.14. The van der Waals surface area contributed by atoms with Gasteiger partial charge in [-0.3, -0.25) is 0 Å². The molecule has 0 amide bonds. The van der Waals surface area contributed by atoms with Crippen molar-refractivity contribution in [2.24, 2.45) is 0 Å². The number of anilines is 3. The van der Waals surface area contributed by atoms with Crippen molar-refractivity contribution in [2.75, 3.05) is 12.0 Å². The van der Waals surface area contributed by atoms with E-state index in [4.69, 9.17) is 4.74 Å². The topological polar surface area (TPSA) is 12.5 Å². The van der Waals surface area contributed by atoms with Crippen LogP contribution in [0, 0.1) is 0 Å². The molecule has 0 aliphatic heterocycles. The molecule has 9 rings (SSSR count).